The molecule has 1 saturated heterocycles. The van der Waals surface area contributed by atoms with Gasteiger partial charge in [-0.15, -0.1) is 0 Å². The lowest BCUT2D eigenvalue weighted by Gasteiger charge is -2.39. The number of nitrogens with one attached hydrogen (secondary N) is 1. The molecule has 1 N–H and O–H groups in total. The molecular formula is C21H28ClN3O2. The topological polar surface area (TPSA) is 58.1 Å². The Morgan fingerprint density at radius 2 is 1.56 bits per heavy atom. The van der Waals surface area contributed by atoms with Gasteiger partial charge < -0.3 is 9.88 Å². The third-order valence-corrected chi connectivity index (χ3v) is 6.67. The lowest BCUT2D eigenvalue weighted by atomic mass is 9.93. The van der Waals surface area contributed by atoms with Crippen molar-refractivity contribution in [2.24, 2.45) is 0 Å². The lowest BCUT2D eigenvalue weighted by Crippen LogP contribution is -2.45. The van der Waals surface area contributed by atoms with Gasteiger partial charge in [-0.2, -0.15) is 0 Å². The van der Waals surface area contributed by atoms with Gasteiger partial charge in [0.1, 0.15) is 0 Å². The maximum atomic E-state index is 12.6. The number of para-hydroxylation sites is 1. The van der Waals surface area contributed by atoms with Crippen molar-refractivity contribution in [2.75, 3.05) is 13.1 Å². The summed E-state index contributed by atoms with van der Waals surface area (Å²) in [5, 5.41) is 0.477. The molecule has 1 aromatic heterocycles. The first-order valence-corrected chi connectivity index (χ1v) is 10.7. The molecule has 146 valence electrons. The average Bonchev–Trinajstić information content (AvgIpc) is 2.64. The van der Waals surface area contributed by atoms with Gasteiger partial charge in [0.2, 0.25) is 0 Å². The number of halogens is 1. The predicted molar refractivity (Wildman–Crippen MR) is 110 cm³/mol. The molecular weight excluding hydrogens is 362 g/mol. The van der Waals surface area contributed by atoms with E-state index in [-0.39, 0.29) is 6.04 Å². The van der Waals surface area contributed by atoms with Gasteiger partial charge in [0.15, 0.2) is 0 Å². The van der Waals surface area contributed by atoms with Crippen molar-refractivity contribution in [3.63, 3.8) is 0 Å². The van der Waals surface area contributed by atoms with Gasteiger partial charge in [0.05, 0.1) is 16.1 Å². The van der Waals surface area contributed by atoms with Crippen molar-refractivity contribution in [3.8, 4) is 0 Å². The summed E-state index contributed by atoms with van der Waals surface area (Å²) in [6.07, 6.45) is 11.2. The molecule has 2 aromatic rings. The third-order valence-electron chi connectivity index (χ3n) is 6.36. The van der Waals surface area contributed by atoms with E-state index in [1.165, 1.54) is 44.9 Å². The minimum Gasteiger partial charge on any atom is -0.315 e. The molecule has 2 fully saturated rings. The molecule has 27 heavy (non-hydrogen) atoms. The van der Waals surface area contributed by atoms with Gasteiger partial charge in [-0.3, -0.25) is 14.2 Å². The molecule has 1 aliphatic heterocycles. The van der Waals surface area contributed by atoms with Gasteiger partial charge >= 0.3 is 11.1 Å². The van der Waals surface area contributed by atoms with E-state index < -0.39 is 11.1 Å². The van der Waals surface area contributed by atoms with Crippen LogP contribution in [0.4, 0.5) is 0 Å². The van der Waals surface area contributed by atoms with E-state index in [0.29, 0.717) is 16.6 Å². The van der Waals surface area contributed by atoms with E-state index in [0.717, 1.165) is 31.4 Å². The van der Waals surface area contributed by atoms with E-state index in [2.05, 4.69) is 9.88 Å². The van der Waals surface area contributed by atoms with Crippen LogP contribution in [0.15, 0.2) is 27.8 Å². The Labute approximate surface area is 164 Å². The van der Waals surface area contributed by atoms with Crippen LogP contribution in [0, 0.1) is 0 Å². The minimum atomic E-state index is -0.585. The largest absolute Gasteiger partial charge is 0.316 e. The second kappa shape index (κ2) is 8.19. The van der Waals surface area contributed by atoms with Gasteiger partial charge in [-0.25, -0.2) is 0 Å². The summed E-state index contributed by atoms with van der Waals surface area (Å²) < 4.78 is 1.69. The fourth-order valence-electron chi connectivity index (χ4n) is 4.89. The summed E-state index contributed by atoms with van der Waals surface area (Å²) >= 11 is 6.25. The van der Waals surface area contributed by atoms with Crippen LogP contribution in [0.25, 0.3) is 11.0 Å². The molecule has 1 saturated carbocycles. The number of rotatable bonds is 2. The minimum absolute atomic E-state index is 0.0607. The highest BCUT2D eigenvalue weighted by Crippen LogP contribution is 2.30. The summed E-state index contributed by atoms with van der Waals surface area (Å²) in [7, 11) is 0. The first-order valence-electron chi connectivity index (χ1n) is 10.3. The third kappa shape index (κ3) is 3.85. The highest BCUT2D eigenvalue weighted by Gasteiger charge is 2.27. The number of H-pyrrole nitrogens is 1. The summed E-state index contributed by atoms with van der Waals surface area (Å²) in [4.78, 5) is 30.1. The molecule has 5 nitrogen and oxygen atoms in total. The van der Waals surface area contributed by atoms with Crippen LogP contribution in [-0.4, -0.2) is 33.6 Å². The monoisotopic (exact) mass is 389 g/mol. The Kier molecular flexibility index (Phi) is 5.69. The Morgan fingerprint density at radius 3 is 2.26 bits per heavy atom. The van der Waals surface area contributed by atoms with E-state index in [9.17, 15) is 9.59 Å². The lowest BCUT2D eigenvalue weighted by molar-refractivity contribution is 0.116. The van der Waals surface area contributed by atoms with Crippen molar-refractivity contribution in [3.05, 3.63) is 43.9 Å². The molecule has 2 heterocycles. The normalized spacial score (nSPS) is 21.2. The SMILES string of the molecule is O=c1[nH]c2c(Cl)cccc2n(C2CCN(C3CCCCCCC3)CC2)c1=O. The Balaban J connectivity index is 1.56. The average molecular weight is 390 g/mol. The van der Waals surface area contributed by atoms with Crippen LogP contribution in [0.3, 0.4) is 0 Å². The summed E-state index contributed by atoms with van der Waals surface area (Å²) in [5.41, 5.74) is 0.245. The molecule has 1 aromatic carbocycles. The van der Waals surface area contributed by atoms with E-state index in [1.807, 2.05) is 12.1 Å². The number of likely N-dealkylation sites (tertiary alicyclic amines) is 1. The molecule has 4 rings (SSSR count). The zero-order valence-corrected chi connectivity index (χ0v) is 16.5. The number of benzene rings is 1. The van der Waals surface area contributed by atoms with Gasteiger partial charge in [-0.05, 0) is 37.8 Å². The van der Waals surface area contributed by atoms with Crippen LogP contribution in [0.2, 0.25) is 5.02 Å². The van der Waals surface area contributed by atoms with Crippen LogP contribution >= 0.6 is 11.6 Å². The van der Waals surface area contributed by atoms with E-state index in [4.69, 9.17) is 11.6 Å². The smallest absolute Gasteiger partial charge is 0.315 e. The number of nitrogens with zero attached hydrogens (tertiary/aromatic N) is 2. The highest BCUT2D eigenvalue weighted by atomic mass is 35.5. The van der Waals surface area contributed by atoms with Crippen molar-refractivity contribution < 1.29 is 0 Å². The number of aromatic nitrogens is 2. The van der Waals surface area contributed by atoms with Crippen molar-refractivity contribution >= 4 is 22.6 Å². The molecule has 0 radical (unpaired) electrons. The molecule has 2 aliphatic rings. The number of piperidine rings is 1. The fraction of sp³-hybridized carbons (Fsp3) is 0.619. The number of fused-ring (bicyclic) bond motifs is 1. The van der Waals surface area contributed by atoms with E-state index >= 15 is 0 Å². The maximum Gasteiger partial charge on any atom is 0.316 e. The number of hydrogen-bond acceptors (Lipinski definition) is 3. The van der Waals surface area contributed by atoms with Crippen LogP contribution in [-0.2, 0) is 0 Å². The second-order valence-electron chi connectivity index (χ2n) is 8.03. The Morgan fingerprint density at radius 1 is 0.889 bits per heavy atom. The molecule has 0 atom stereocenters. The molecule has 1 aliphatic carbocycles. The zero-order valence-electron chi connectivity index (χ0n) is 15.8. The number of hydrogen-bond donors (Lipinski definition) is 1. The standard InChI is InChI=1S/C21H28ClN3O2/c22-17-9-6-10-18-19(17)23-20(26)21(27)25(18)16-11-13-24(14-12-16)15-7-4-2-1-3-5-8-15/h6,9-10,15-16H,1-5,7-8,11-14H2,(H,23,26). The maximum absolute atomic E-state index is 12.6. The zero-order chi connectivity index (χ0) is 18.8. The van der Waals surface area contributed by atoms with Crippen molar-refractivity contribution in [1.82, 2.24) is 14.5 Å². The second-order valence-corrected chi connectivity index (χ2v) is 8.44. The molecule has 0 unspecified atom stereocenters. The van der Waals surface area contributed by atoms with E-state index in [1.54, 1.807) is 10.6 Å². The van der Waals surface area contributed by atoms with Crippen LogP contribution in [0.5, 0.6) is 0 Å². The number of aromatic amines is 1. The Bertz CT molecular complexity index is 904. The predicted octanol–water partition coefficient (Wildman–Crippen LogP) is 4.09. The van der Waals surface area contributed by atoms with Gasteiger partial charge in [-0.1, -0.05) is 49.8 Å². The first-order chi connectivity index (χ1) is 13.1. The van der Waals surface area contributed by atoms with Crippen LogP contribution in [0.1, 0.15) is 63.8 Å². The molecule has 0 bridgehead atoms. The molecule has 6 heteroatoms. The summed E-state index contributed by atoms with van der Waals surface area (Å²) in [5.74, 6) is 0. The quantitative estimate of drug-likeness (QED) is 0.787. The van der Waals surface area contributed by atoms with Crippen molar-refractivity contribution in [1.29, 1.82) is 0 Å². The molecule has 0 amide bonds. The van der Waals surface area contributed by atoms with Gasteiger partial charge in [0.25, 0.3) is 0 Å². The molecule has 0 spiro atoms. The fourth-order valence-corrected chi connectivity index (χ4v) is 5.11. The highest BCUT2D eigenvalue weighted by molar-refractivity contribution is 6.34. The van der Waals surface area contributed by atoms with Crippen LogP contribution < -0.4 is 11.1 Å². The Hall–Kier alpha value is -1.59. The van der Waals surface area contributed by atoms with Crippen molar-refractivity contribution in [2.45, 2.75) is 69.9 Å². The first kappa shape index (κ1) is 18.8. The van der Waals surface area contributed by atoms with Gasteiger partial charge in [0, 0.05) is 25.2 Å². The summed E-state index contributed by atoms with van der Waals surface area (Å²) in [6.45, 7) is 1.99. The summed E-state index contributed by atoms with van der Waals surface area (Å²) in [6, 6.07) is 6.20.